The van der Waals surface area contributed by atoms with Gasteiger partial charge in [0.15, 0.2) is 11.0 Å². The number of nitrogens with two attached hydrogens (primary N) is 1. The molecule has 0 spiro atoms. The molecule has 0 unspecified atom stereocenters. The number of aromatic nitrogens is 6. The van der Waals surface area contributed by atoms with Gasteiger partial charge in [-0.15, -0.1) is 10.2 Å². The van der Waals surface area contributed by atoms with E-state index in [0.717, 1.165) is 34.1 Å². The van der Waals surface area contributed by atoms with Crippen LogP contribution in [0.15, 0.2) is 61.2 Å². The van der Waals surface area contributed by atoms with E-state index in [9.17, 15) is 0 Å². The number of rotatable bonds is 7. The van der Waals surface area contributed by atoms with Crippen LogP contribution in [0.1, 0.15) is 27.9 Å². The first-order valence-corrected chi connectivity index (χ1v) is 11.4. The van der Waals surface area contributed by atoms with Crippen LogP contribution in [0.5, 0.6) is 0 Å². The van der Waals surface area contributed by atoms with Gasteiger partial charge in [-0.25, -0.2) is 4.98 Å². The molecular weight excluding hydrogens is 448 g/mol. The molecule has 0 amide bonds. The van der Waals surface area contributed by atoms with E-state index in [1.165, 1.54) is 11.1 Å². The molecule has 0 saturated heterocycles. The second kappa shape index (κ2) is 9.15. The molecule has 0 radical (unpaired) electrons. The van der Waals surface area contributed by atoms with Crippen molar-refractivity contribution in [3.8, 4) is 0 Å². The molecule has 0 saturated carbocycles. The lowest BCUT2D eigenvalue weighted by atomic mass is 10.1. The van der Waals surface area contributed by atoms with Gasteiger partial charge in [0.05, 0.1) is 6.54 Å². The number of nitrogen functional groups attached to an aromatic ring is 1. The van der Waals surface area contributed by atoms with E-state index in [2.05, 4.69) is 60.6 Å². The van der Waals surface area contributed by atoms with Crippen molar-refractivity contribution in [1.29, 1.82) is 0 Å². The SMILES string of the molecule is Cc1cc(N)nc(C)c1CNc1nnc(Cl)c2cn(Cc3ccc(Cn4cccn4)cc3)cc12. The van der Waals surface area contributed by atoms with Crippen LogP contribution in [0, 0.1) is 13.8 Å². The largest absolute Gasteiger partial charge is 0.384 e. The summed E-state index contributed by atoms with van der Waals surface area (Å²) in [6.45, 7) is 6.03. The van der Waals surface area contributed by atoms with Gasteiger partial charge in [0.25, 0.3) is 0 Å². The quantitative estimate of drug-likeness (QED) is 0.359. The molecule has 4 heterocycles. The molecule has 0 aliphatic rings. The molecule has 0 aliphatic heterocycles. The van der Waals surface area contributed by atoms with Crippen LogP contribution in [0.25, 0.3) is 10.8 Å². The second-order valence-electron chi connectivity index (χ2n) is 8.40. The van der Waals surface area contributed by atoms with E-state index in [0.29, 0.717) is 29.9 Å². The van der Waals surface area contributed by atoms with Gasteiger partial charge in [-0.05, 0) is 48.2 Å². The standard InChI is InChI=1S/C25H25ClN8/c1-16-10-23(27)30-17(2)20(16)11-28-25-22-15-33(14-21(22)24(26)31-32-25)12-18-4-6-19(7-5-18)13-34-9-3-8-29-34/h3-10,14-15H,11-13H2,1-2H3,(H2,27,30)(H,28,32). The Hall–Kier alpha value is -3.91. The predicted octanol–water partition coefficient (Wildman–Crippen LogP) is 4.58. The molecule has 3 N–H and O–H groups in total. The number of benzene rings is 1. The number of aryl methyl sites for hydroxylation is 2. The third-order valence-electron chi connectivity index (χ3n) is 5.89. The Morgan fingerprint density at radius 2 is 1.74 bits per heavy atom. The summed E-state index contributed by atoms with van der Waals surface area (Å²) in [5.41, 5.74) is 11.3. The Labute approximate surface area is 202 Å². The minimum Gasteiger partial charge on any atom is -0.384 e. The first kappa shape index (κ1) is 21.9. The van der Waals surface area contributed by atoms with Crippen LogP contribution in [0.4, 0.5) is 11.6 Å². The second-order valence-corrected chi connectivity index (χ2v) is 8.76. The highest BCUT2D eigenvalue weighted by atomic mass is 35.5. The predicted molar refractivity (Wildman–Crippen MR) is 135 cm³/mol. The number of anilines is 2. The molecule has 172 valence electrons. The van der Waals surface area contributed by atoms with Gasteiger partial charge in [-0.1, -0.05) is 35.9 Å². The van der Waals surface area contributed by atoms with E-state index < -0.39 is 0 Å². The third-order valence-corrected chi connectivity index (χ3v) is 6.17. The molecule has 0 aliphatic carbocycles. The normalized spacial score (nSPS) is 11.3. The van der Waals surface area contributed by atoms with E-state index in [1.54, 1.807) is 6.20 Å². The summed E-state index contributed by atoms with van der Waals surface area (Å²) < 4.78 is 4.02. The maximum atomic E-state index is 6.37. The fourth-order valence-electron chi connectivity index (χ4n) is 4.15. The van der Waals surface area contributed by atoms with Crippen LogP contribution in [0.3, 0.4) is 0 Å². The summed E-state index contributed by atoms with van der Waals surface area (Å²) in [5, 5.41) is 18.3. The van der Waals surface area contributed by atoms with Gasteiger partial charge in [0.1, 0.15) is 5.82 Å². The van der Waals surface area contributed by atoms with Gasteiger partial charge in [-0.2, -0.15) is 5.10 Å². The van der Waals surface area contributed by atoms with Gasteiger partial charge < -0.3 is 15.6 Å². The summed E-state index contributed by atoms with van der Waals surface area (Å²) >= 11 is 6.37. The zero-order valence-corrected chi connectivity index (χ0v) is 19.8. The van der Waals surface area contributed by atoms with Gasteiger partial charge in [-0.3, -0.25) is 4.68 Å². The van der Waals surface area contributed by atoms with Gasteiger partial charge in [0, 0.05) is 54.3 Å². The molecule has 5 aromatic rings. The zero-order chi connectivity index (χ0) is 23.7. The maximum absolute atomic E-state index is 6.37. The fraction of sp³-hybridized carbons (Fsp3) is 0.200. The lowest BCUT2D eigenvalue weighted by Crippen LogP contribution is -2.08. The molecule has 4 aromatic heterocycles. The molecule has 8 nitrogen and oxygen atoms in total. The highest BCUT2D eigenvalue weighted by Gasteiger charge is 2.13. The summed E-state index contributed by atoms with van der Waals surface area (Å²) in [4.78, 5) is 4.37. The lowest BCUT2D eigenvalue weighted by molar-refractivity contribution is 0.686. The number of pyridine rings is 1. The molecule has 5 rings (SSSR count). The number of nitrogens with one attached hydrogen (secondary N) is 1. The van der Waals surface area contributed by atoms with Crippen LogP contribution in [-0.4, -0.2) is 29.5 Å². The third kappa shape index (κ3) is 4.58. The van der Waals surface area contributed by atoms with Crippen molar-refractivity contribution in [2.24, 2.45) is 0 Å². The van der Waals surface area contributed by atoms with E-state index in [4.69, 9.17) is 17.3 Å². The Balaban J connectivity index is 1.35. The van der Waals surface area contributed by atoms with Gasteiger partial charge >= 0.3 is 0 Å². The number of hydrogen-bond donors (Lipinski definition) is 2. The first-order valence-electron chi connectivity index (χ1n) is 11.0. The molecular formula is C25H25ClN8. The number of halogens is 1. The van der Waals surface area contributed by atoms with E-state index in [1.807, 2.05) is 43.1 Å². The summed E-state index contributed by atoms with van der Waals surface area (Å²) in [5.74, 6) is 1.21. The van der Waals surface area contributed by atoms with Crippen molar-refractivity contribution in [3.05, 3.63) is 94.3 Å². The number of hydrogen-bond acceptors (Lipinski definition) is 6. The minimum atomic E-state index is 0.385. The van der Waals surface area contributed by atoms with Crippen molar-refractivity contribution in [1.82, 2.24) is 29.5 Å². The Bertz CT molecular complexity index is 1420. The number of nitrogens with zero attached hydrogens (tertiary/aromatic N) is 6. The number of fused-ring (bicyclic) bond motifs is 1. The average Bonchev–Trinajstić information content (AvgIpc) is 3.46. The van der Waals surface area contributed by atoms with E-state index >= 15 is 0 Å². The Morgan fingerprint density at radius 1 is 1.00 bits per heavy atom. The van der Waals surface area contributed by atoms with E-state index in [-0.39, 0.29) is 0 Å². The minimum absolute atomic E-state index is 0.385. The highest BCUT2D eigenvalue weighted by molar-refractivity contribution is 6.34. The Morgan fingerprint density at radius 3 is 2.44 bits per heavy atom. The summed E-state index contributed by atoms with van der Waals surface area (Å²) in [6.07, 6.45) is 7.81. The smallest absolute Gasteiger partial charge is 0.161 e. The van der Waals surface area contributed by atoms with Crippen LogP contribution >= 0.6 is 11.6 Å². The topological polar surface area (TPSA) is 99.5 Å². The van der Waals surface area contributed by atoms with Crippen LogP contribution in [-0.2, 0) is 19.6 Å². The highest BCUT2D eigenvalue weighted by Crippen LogP contribution is 2.28. The van der Waals surface area contributed by atoms with Crippen LogP contribution < -0.4 is 11.1 Å². The van der Waals surface area contributed by atoms with Crippen molar-refractivity contribution < 1.29 is 0 Å². The Kier molecular flexibility index (Phi) is 5.90. The monoisotopic (exact) mass is 472 g/mol. The average molecular weight is 473 g/mol. The summed E-state index contributed by atoms with van der Waals surface area (Å²) in [6, 6.07) is 12.4. The summed E-state index contributed by atoms with van der Waals surface area (Å²) in [7, 11) is 0. The fourth-order valence-corrected chi connectivity index (χ4v) is 4.34. The van der Waals surface area contributed by atoms with Crippen LogP contribution in [0.2, 0.25) is 5.15 Å². The zero-order valence-electron chi connectivity index (χ0n) is 19.0. The molecule has 0 atom stereocenters. The van der Waals surface area contributed by atoms with Gasteiger partial charge in [0.2, 0.25) is 0 Å². The molecule has 1 aromatic carbocycles. The van der Waals surface area contributed by atoms with Crippen molar-refractivity contribution in [3.63, 3.8) is 0 Å². The maximum Gasteiger partial charge on any atom is 0.161 e. The first-order chi connectivity index (χ1) is 16.5. The lowest BCUT2D eigenvalue weighted by Gasteiger charge is -2.12. The molecule has 0 bridgehead atoms. The van der Waals surface area contributed by atoms with Crippen molar-refractivity contribution >= 4 is 34.0 Å². The van der Waals surface area contributed by atoms with Crippen molar-refractivity contribution in [2.45, 2.75) is 33.5 Å². The molecule has 9 heteroatoms. The van der Waals surface area contributed by atoms with Crippen molar-refractivity contribution in [2.75, 3.05) is 11.1 Å². The molecule has 0 fully saturated rings. The molecule has 34 heavy (non-hydrogen) atoms.